The molecule has 1 saturated carbocycles. The highest BCUT2D eigenvalue weighted by molar-refractivity contribution is 6.35. The number of aliphatic hydroxyl groups is 1. The first-order chi connectivity index (χ1) is 10.6. The summed E-state index contributed by atoms with van der Waals surface area (Å²) in [7, 11) is 0. The lowest BCUT2D eigenvalue weighted by molar-refractivity contribution is -0.139. The molecular weight excluding hydrogens is 288 g/mol. The lowest BCUT2D eigenvalue weighted by Crippen LogP contribution is -2.41. The molecule has 1 aliphatic carbocycles. The van der Waals surface area contributed by atoms with Crippen LogP contribution in [-0.4, -0.2) is 36.3 Å². The number of fused-ring (bicyclic) bond motifs is 1. The van der Waals surface area contributed by atoms with Gasteiger partial charge in [0, 0.05) is 12.6 Å². The Balaban J connectivity index is 1.44. The lowest BCUT2D eigenvalue weighted by Gasteiger charge is -2.12. The zero-order valence-electron chi connectivity index (χ0n) is 12.0. The van der Waals surface area contributed by atoms with Crippen LogP contribution in [0.3, 0.4) is 0 Å². The first kappa shape index (κ1) is 14.6. The fourth-order valence-corrected chi connectivity index (χ4v) is 2.17. The predicted octanol–water partition coefficient (Wildman–Crippen LogP) is 0.234. The van der Waals surface area contributed by atoms with Gasteiger partial charge < -0.3 is 25.2 Å². The molecule has 0 aromatic heterocycles. The third-order valence-electron chi connectivity index (χ3n) is 3.60. The van der Waals surface area contributed by atoms with Crippen LogP contribution in [-0.2, 0) is 9.59 Å². The van der Waals surface area contributed by atoms with E-state index in [0.717, 1.165) is 12.8 Å². The van der Waals surface area contributed by atoms with Gasteiger partial charge >= 0.3 is 11.8 Å². The second-order valence-electron chi connectivity index (χ2n) is 5.42. The standard InChI is InChI=1S/C15H18N2O5/c18-11(9-1-4-12-13(7-9)22-8-21-12)5-6-16-14(19)15(20)17-10-2-3-10/h1,4,7,10-11,18H,2-3,5-6,8H2,(H,16,19)(H,17,20). The van der Waals surface area contributed by atoms with Crippen molar-refractivity contribution >= 4 is 11.8 Å². The molecule has 2 aliphatic rings. The predicted molar refractivity (Wildman–Crippen MR) is 76.3 cm³/mol. The molecule has 7 heteroatoms. The smallest absolute Gasteiger partial charge is 0.309 e. The van der Waals surface area contributed by atoms with Crippen molar-refractivity contribution in [2.24, 2.45) is 0 Å². The number of rotatable bonds is 5. The molecule has 118 valence electrons. The molecule has 2 amide bonds. The molecule has 3 rings (SSSR count). The third-order valence-corrected chi connectivity index (χ3v) is 3.60. The Morgan fingerprint density at radius 2 is 2.00 bits per heavy atom. The summed E-state index contributed by atoms with van der Waals surface area (Å²) in [6.45, 7) is 0.396. The van der Waals surface area contributed by atoms with Crippen molar-refractivity contribution < 1.29 is 24.2 Å². The van der Waals surface area contributed by atoms with E-state index in [2.05, 4.69) is 10.6 Å². The number of amides is 2. The Kier molecular flexibility index (Phi) is 4.15. The van der Waals surface area contributed by atoms with Gasteiger partial charge in [0.25, 0.3) is 0 Å². The van der Waals surface area contributed by atoms with Gasteiger partial charge in [0.05, 0.1) is 6.10 Å². The minimum Gasteiger partial charge on any atom is -0.454 e. The Bertz CT molecular complexity index is 585. The molecule has 1 aromatic carbocycles. The van der Waals surface area contributed by atoms with Crippen molar-refractivity contribution in [3.05, 3.63) is 23.8 Å². The zero-order chi connectivity index (χ0) is 15.5. The van der Waals surface area contributed by atoms with Crippen LogP contribution in [0.5, 0.6) is 11.5 Å². The molecule has 1 aromatic rings. The van der Waals surface area contributed by atoms with Gasteiger partial charge in [-0.05, 0) is 37.0 Å². The van der Waals surface area contributed by atoms with E-state index >= 15 is 0 Å². The fourth-order valence-electron chi connectivity index (χ4n) is 2.17. The van der Waals surface area contributed by atoms with Gasteiger partial charge in [0.1, 0.15) is 0 Å². The molecule has 1 unspecified atom stereocenters. The number of aliphatic hydroxyl groups excluding tert-OH is 1. The van der Waals surface area contributed by atoms with E-state index < -0.39 is 17.9 Å². The van der Waals surface area contributed by atoms with E-state index in [4.69, 9.17) is 9.47 Å². The molecule has 3 N–H and O–H groups in total. The van der Waals surface area contributed by atoms with Gasteiger partial charge in [-0.3, -0.25) is 9.59 Å². The Morgan fingerprint density at radius 3 is 2.77 bits per heavy atom. The highest BCUT2D eigenvalue weighted by atomic mass is 16.7. The molecule has 1 aliphatic heterocycles. The Hall–Kier alpha value is -2.28. The molecule has 1 heterocycles. The SMILES string of the molecule is O=C(NCCC(O)c1ccc2c(c1)OCO2)C(=O)NC1CC1. The number of hydrogen-bond donors (Lipinski definition) is 3. The third kappa shape index (κ3) is 3.48. The molecule has 0 saturated heterocycles. The highest BCUT2D eigenvalue weighted by Crippen LogP contribution is 2.34. The maximum Gasteiger partial charge on any atom is 0.309 e. The van der Waals surface area contributed by atoms with Crippen molar-refractivity contribution in [1.29, 1.82) is 0 Å². The van der Waals surface area contributed by atoms with Gasteiger partial charge in [-0.1, -0.05) is 6.07 Å². The Morgan fingerprint density at radius 1 is 1.23 bits per heavy atom. The van der Waals surface area contributed by atoms with E-state index in [9.17, 15) is 14.7 Å². The molecule has 1 fully saturated rings. The summed E-state index contributed by atoms with van der Waals surface area (Å²) in [6, 6.07) is 5.36. The molecule has 1 atom stereocenters. The van der Waals surface area contributed by atoms with Gasteiger partial charge in [-0.25, -0.2) is 0 Å². The summed E-state index contributed by atoms with van der Waals surface area (Å²) in [5.74, 6) is -0.0183. The van der Waals surface area contributed by atoms with E-state index in [-0.39, 0.29) is 19.4 Å². The molecule has 7 nitrogen and oxygen atoms in total. The summed E-state index contributed by atoms with van der Waals surface area (Å²) in [5, 5.41) is 15.2. The second kappa shape index (κ2) is 6.23. The average Bonchev–Trinajstić information content (AvgIpc) is 3.20. The summed E-state index contributed by atoms with van der Waals surface area (Å²) < 4.78 is 10.5. The van der Waals surface area contributed by atoms with Crippen molar-refractivity contribution in [3.63, 3.8) is 0 Å². The monoisotopic (exact) mass is 306 g/mol. The number of carbonyl (C=O) groups is 2. The van der Waals surface area contributed by atoms with Gasteiger partial charge in [0.15, 0.2) is 11.5 Å². The van der Waals surface area contributed by atoms with Crippen LogP contribution in [0.25, 0.3) is 0 Å². The van der Waals surface area contributed by atoms with Crippen LogP contribution >= 0.6 is 0 Å². The average molecular weight is 306 g/mol. The van der Waals surface area contributed by atoms with Gasteiger partial charge in [-0.15, -0.1) is 0 Å². The summed E-state index contributed by atoms with van der Waals surface area (Å²) in [5.41, 5.74) is 0.681. The molecule has 0 spiro atoms. The first-order valence-corrected chi connectivity index (χ1v) is 7.30. The van der Waals surface area contributed by atoms with E-state index in [1.165, 1.54) is 0 Å². The van der Waals surface area contributed by atoms with Crippen LogP contribution in [0, 0.1) is 0 Å². The number of ether oxygens (including phenoxy) is 2. The maximum atomic E-state index is 11.5. The number of benzene rings is 1. The molecule has 0 bridgehead atoms. The minimum absolute atomic E-state index is 0.150. The Labute approximate surface area is 127 Å². The largest absolute Gasteiger partial charge is 0.454 e. The summed E-state index contributed by atoms with van der Waals surface area (Å²) in [4.78, 5) is 23.0. The van der Waals surface area contributed by atoms with Gasteiger partial charge in [0.2, 0.25) is 6.79 Å². The zero-order valence-corrected chi connectivity index (χ0v) is 12.0. The van der Waals surface area contributed by atoms with E-state index in [1.54, 1.807) is 18.2 Å². The van der Waals surface area contributed by atoms with Crippen molar-refractivity contribution in [2.45, 2.75) is 31.4 Å². The molecule has 22 heavy (non-hydrogen) atoms. The van der Waals surface area contributed by atoms with Crippen LogP contribution in [0.15, 0.2) is 18.2 Å². The summed E-state index contributed by atoms with van der Waals surface area (Å²) >= 11 is 0. The topological polar surface area (TPSA) is 96.9 Å². The van der Waals surface area contributed by atoms with Crippen LogP contribution in [0.4, 0.5) is 0 Å². The summed E-state index contributed by atoms with van der Waals surface area (Å²) in [6.07, 6.45) is 1.42. The number of carbonyl (C=O) groups excluding carboxylic acids is 2. The molecular formula is C15H18N2O5. The van der Waals surface area contributed by atoms with Crippen molar-refractivity contribution in [1.82, 2.24) is 10.6 Å². The fraction of sp³-hybridized carbons (Fsp3) is 0.467. The minimum atomic E-state index is -0.749. The van der Waals surface area contributed by atoms with Gasteiger partial charge in [-0.2, -0.15) is 0 Å². The number of hydrogen-bond acceptors (Lipinski definition) is 5. The normalized spacial score (nSPS) is 17.0. The highest BCUT2D eigenvalue weighted by Gasteiger charge is 2.26. The first-order valence-electron chi connectivity index (χ1n) is 7.30. The quantitative estimate of drug-likeness (QED) is 0.677. The van der Waals surface area contributed by atoms with Crippen LogP contribution in [0.2, 0.25) is 0 Å². The van der Waals surface area contributed by atoms with Crippen LogP contribution in [0.1, 0.15) is 30.9 Å². The van der Waals surface area contributed by atoms with Crippen molar-refractivity contribution in [3.8, 4) is 11.5 Å². The van der Waals surface area contributed by atoms with E-state index in [0.29, 0.717) is 23.5 Å². The van der Waals surface area contributed by atoms with E-state index in [1.807, 2.05) is 0 Å². The number of nitrogens with one attached hydrogen (secondary N) is 2. The maximum absolute atomic E-state index is 11.5. The second-order valence-corrected chi connectivity index (χ2v) is 5.42. The van der Waals surface area contributed by atoms with Crippen LogP contribution < -0.4 is 20.1 Å². The van der Waals surface area contributed by atoms with Crippen molar-refractivity contribution in [2.75, 3.05) is 13.3 Å². The lowest BCUT2D eigenvalue weighted by atomic mass is 10.1. The molecule has 0 radical (unpaired) electrons.